The minimum absolute atomic E-state index is 0.0697. The van der Waals surface area contributed by atoms with E-state index in [1.807, 2.05) is 36.1 Å². The number of nitrogens with zero attached hydrogens (tertiary/aromatic N) is 3. The van der Waals surface area contributed by atoms with Gasteiger partial charge in [-0.25, -0.2) is 0 Å². The molecule has 154 valence electrons. The Balaban J connectivity index is 1.87. The first-order chi connectivity index (χ1) is 13.8. The van der Waals surface area contributed by atoms with Crippen LogP contribution < -0.4 is 9.64 Å². The van der Waals surface area contributed by atoms with Gasteiger partial charge in [-0.1, -0.05) is 19.1 Å². The molecule has 0 radical (unpaired) electrons. The molecule has 0 atom stereocenters. The van der Waals surface area contributed by atoms with Crippen LogP contribution in [0.5, 0.6) is 5.75 Å². The summed E-state index contributed by atoms with van der Waals surface area (Å²) in [5.41, 5.74) is 1.82. The van der Waals surface area contributed by atoms with Crippen molar-refractivity contribution >= 4 is 27.5 Å². The zero-order valence-electron chi connectivity index (χ0n) is 17.0. The summed E-state index contributed by atoms with van der Waals surface area (Å²) in [7, 11) is -0.543. The van der Waals surface area contributed by atoms with Crippen LogP contribution in [0.2, 0.25) is 0 Å². The molecule has 7 nitrogen and oxygen atoms in total. The highest BCUT2D eigenvalue weighted by molar-refractivity contribution is 7.90. The van der Waals surface area contributed by atoms with E-state index in [-0.39, 0.29) is 10.8 Å². The van der Waals surface area contributed by atoms with E-state index in [0.717, 1.165) is 17.7 Å². The molecule has 0 unspecified atom stereocenters. The quantitative estimate of drug-likeness (QED) is 0.723. The van der Waals surface area contributed by atoms with Crippen molar-refractivity contribution in [3.05, 3.63) is 53.6 Å². The Morgan fingerprint density at radius 3 is 2.48 bits per heavy atom. The van der Waals surface area contributed by atoms with Crippen LogP contribution in [0.1, 0.15) is 36.2 Å². The van der Waals surface area contributed by atoms with Gasteiger partial charge >= 0.3 is 0 Å². The maximum atomic E-state index is 12.9. The van der Waals surface area contributed by atoms with Gasteiger partial charge in [-0.15, -0.1) is 4.40 Å². The van der Waals surface area contributed by atoms with Crippen LogP contribution in [-0.4, -0.2) is 45.8 Å². The topological polar surface area (TPSA) is 79.3 Å². The molecule has 0 bridgehead atoms. The van der Waals surface area contributed by atoms with Crippen LogP contribution in [0, 0.1) is 0 Å². The Hall–Kier alpha value is -2.87. The minimum Gasteiger partial charge on any atom is -0.497 e. The van der Waals surface area contributed by atoms with Gasteiger partial charge in [0.15, 0.2) is 0 Å². The number of hydrogen-bond donors (Lipinski definition) is 0. The molecule has 0 saturated heterocycles. The van der Waals surface area contributed by atoms with Crippen molar-refractivity contribution in [1.29, 1.82) is 0 Å². The second-order valence-corrected chi connectivity index (χ2v) is 8.53. The molecular weight excluding hydrogens is 390 g/mol. The zero-order chi connectivity index (χ0) is 21.2. The summed E-state index contributed by atoms with van der Waals surface area (Å²) < 4.78 is 34.2. The number of methoxy groups -OCH3 is 1. The third-order valence-corrected chi connectivity index (χ3v) is 6.18. The highest BCUT2D eigenvalue weighted by Crippen LogP contribution is 2.33. The Morgan fingerprint density at radius 1 is 1.17 bits per heavy atom. The summed E-state index contributed by atoms with van der Waals surface area (Å²) in [6, 6.07) is 12.2. The van der Waals surface area contributed by atoms with Crippen LogP contribution in [0.3, 0.4) is 0 Å². The maximum Gasteiger partial charge on any atom is 0.286 e. The summed E-state index contributed by atoms with van der Waals surface area (Å²) in [5.74, 6) is 0.928. The lowest BCUT2D eigenvalue weighted by Crippen LogP contribution is -2.35. The normalized spacial score (nSPS) is 14.8. The van der Waals surface area contributed by atoms with Gasteiger partial charge < -0.3 is 14.5 Å². The Bertz CT molecular complexity index is 1050. The van der Waals surface area contributed by atoms with Crippen molar-refractivity contribution < 1.29 is 17.9 Å². The molecule has 0 fully saturated rings. The van der Waals surface area contributed by atoms with Crippen molar-refractivity contribution in [2.45, 2.75) is 31.7 Å². The van der Waals surface area contributed by atoms with E-state index in [0.29, 0.717) is 30.2 Å². The van der Waals surface area contributed by atoms with E-state index in [1.54, 1.807) is 38.1 Å². The molecule has 1 aliphatic heterocycles. The van der Waals surface area contributed by atoms with Crippen LogP contribution in [0.15, 0.2) is 51.8 Å². The number of ether oxygens (including phenoxy) is 1. The van der Waals surface area contributed by atoms with Crippen molar-refractivity contribution in [2.24, 2.45) is 4.40 Å². The molecule has 0 N–H and O–H groups in total. The van der Waals surface area contributed by atoms with Crippen LogP contribution in [0.4, 0.5) is 5.69 Å². The molecular formula is C21H25N3O4S. The predicted octanol–water partition coefficient (Wildman–Crippen LogP) is 3.30. The van der Waals surface area contributed by atoms with Gasteiger partial charge in [0.1, 0.15) is 16.5 Å². The second-order valence-electron chi connectivity index (χ2n) is 6.96. The average Bonchev–Trinajstić information content (AvgIpc) is 2.70. The third kappa shape index (κ3) is 4.27. The zero-order valence-corrected chi connectivity index (χ0v) is 17.9. The van der Waals surface area contributed by atoms with E-state index >= 15 is 0 Å². The van der Waals surface area contributed by atoms with E-state index in [9.17, 15) is 13.2 Å². The van der Waals surface area contributed by atoms with Gasteiger partial charge in [-0.3, -0.25) is 4.79 Å². The summed E-state index contributed by atoms with van der Waals surface area (Å²) in [4.78, 5) is 16.4. The van der Waals surface area contributed by atoms with Crippen molar-refractivity contribution in [3.63, 3.8) is 0 Å². The van der Waals surface area contributed by atoms with Crippen LogP contribution in [-0.2, 0) is 16.6 Å². The number of rotatable bonds is 6. The van der Waals surface area contributed by atoms with E-state index in [1.165, 1.54) is 6.07 Å². The summed E-state index contributed by atoms with van der Waals surface area (Å²) in [6.07, 6.45) is 0.845. The van der Waals surface area contributed by atoms with Crippen molar-refractivity contribution in [1.82, 2.24) is 4.90 Å². The molecule has 2 aromatic carbocycles. The lowest BCUT2D eigenvalue weighted by Gasteiger charge is -2.29. The number of sulfonamides is 1. The van der Waals surface area contributed by atoms with Crippen molar-refractivity contribution in [2.75, 3.05) is 25.6 Å². The summed E-state index contributed by atoms with van der Waals surface area (Å²) in [6.45, 7) is 4.74. The molecule has 8 heteroatoms. The van der Waals surface area contributed by atoms with Gasteiger partial charge in [0.05, 0.1) is 12.8 Å². The summed E-state index contributed by atoms with van der Waals surface area (Å²) >= 11 is 0. The fourth-order valence-corrected chi connectivity index (χ4v) is 4.59. The minimum atomic E-state index is -3.83. The first-order valence-corrected chi connectivity index (χ1v) is 10.8. The Labute approximate surface area is 171 Å². The smallest absolute Gasteiger partial charge is 0.286 e. The third-order valence-electron chi connectivity index (χ3n) is 4.79. The number of hydrogen-bond acceptors (Lipinski definition) is 5. The lowest BCUT2D eigenvalue weighted by atomic mass is 10.1. The second kappa shape index (κ2) is 8.24. The molecule has 1 aliphatic rings. The van der Waals surface area contributed by atoms with Gasteiger partial charge in [0.2, 0.25) is 0 Å². The first-order valence-electron chi connectivity index (χ1n) is 9.38. The van der Waals surface area contributed by atoms with Crippen molar-refractivity contribution in [3.8, 4) is 5.75 Å². The van der Waals surface area contributed by atoms with E-state index < -0.39 is 10.0 Å². The number of amidine groups is 1. The van der Waals surface area contributed by atoms with Gasteiger partial charge in [0, 0.05) is 25.7 Å². The SMILES string of the molecule is CCCN1C(C)=NS(=O)(=O)c2cc(C(=O)N(C)Cc3ccc(OC)cc3)ccc21. The molecule has 2 aromatic rings. The molecule has 29 heavy (non-hydrogen) atoms. The highest BCUT2D eigenvalue weighted by atomic mass is 32.2. The predicted molar refractivity (Wildman–Crippen MR) is 113 cm³/mol. The molecule has 1 heterocycles. The van der Waals surface area contributed by atoms with E-state index in [4.69, 9.17) is 4.74 Å². The largest absolute Gasteiger partial charge is 0.497 e. The number of benzene rings is 2. The number of carbonyl (C=O) groups excluding carboxylic acids is 1. The molecule has 0 aromatic heterocycles. The molecule has 0 saturated carbocycles. The first kappa shape index (κ1) is 20.9. The molecule has 0 aliphatic carbocycles. The number of anilines is 1. The van der Waals surface area contributed by atoms with Gasteiger partial charge in [0.25, 0.3) is 15.9 Å². The molecule has 3 rings (SSSR count). The lowest BCUT2D eigenvalue weighted by molar-refractivity contribution is 0.0785. The highest BCUT2D eigenvalue weighted by Gasteiger charge is 2.29. The average molecular weight is 416 g/mol. The van der Waals surface area contributed by atoms with Crippen LogP contribution >= 0.6 is 0 Å². The fraction of sp³-hybridized carbons (Fsp3) is 0.333. The van der Waals surface area contributed by atoms with Gasteiger partial charge in [-0.2, -0.15) is 8.42 Å². The molecule has 0 spiro atoms. The maximum absolute atomic E-state index is 12.9. The monoisotopic (exact) mass is 415 g/mol. The Kier molecular flexibility index (Phi) is 5.93. The van der Waals surface area contributed by atoms with Crippen LogP contribution in [0.25, 0.3) is 0 Å². The summed E-state index contributed by atoms with van der Waals surface area (Å²) in [5, 5.41) is 0. The Morgan fingerprint density at radius 2 is 1.86 bits per heavy atom. The van der Waals surface area contributed by atoms with E-state index in [2.05, 4.69) is 4.40 Å². The number of amides is 1. The van der Waals surface area contributed by atoms with Gasteiger partial charge in [-0.05, 0) is 49.2 Å². The standard InChI is InChI=1S/C21H25N3O4S/c1-5-12-24-15(2)22-29(26,27)20-13-17(8-11-19(20)24)21(25)23(3)14-16-6-9-18(28-4)10-7-16/h6-11,13H,5,12,14H2,1-4H3. The number of fused-ring (bicyclic) bond motifs is 1. The number of carbonyl (C=O) groups is 1. The fourth-order valence-electron chi connectivity index (χ4n) is 3.33. The molecule has 1 amide bonds.